The SMILES string of the molecule is CCn1c(SCC(=O)NN=Cc2cccc(Cl)c2Cl)nnc1-c1ccccc1. The predicted octanol–water partition coefficient (Wildman–Crippen LogP) is 4.51. The van der Waals surface area contributed by atoms with E-state index in [2.05, 4.69) is 20.7 Å². The summed E-state index contributed by atoms with van der Waals surface area (Å²) < 4.78 is 1.97. The van der Waals surface area contributed by atoms with Crippen LogP contribution < -0.4 is 5.43 Å². The Labute approximate surface area is 177 Å². The molecule has 28 heavy (non-hydrogen) atoms. The fraction of sp³-hybridized carbons (Fsp3) is 0.158. The van der Waals surface area contributed by atoms with E-state index in [1.54, 1.807) is 18.2 Å². The van der Waals surface area contributed by atoms with Crippen LogP contribution in [0.25, 0.3) is 11.4 Å². The molecule has 3 rings (SSSR count). The zero-order valence-corrected chi connectivity index (χ0v) is 17.3. The van der Waals surface area contributed by atoms with Gasteiger partial charge in [-0.05, 0) is 13.0 Å². The van der Waals surface area contributed by atoms with Gasteiger partial charge < -0.3 is 4.57 Å². The largest absolute Gasteiger partial charge is 0.302 e. The molecule has 1 N–H and O–H groups in total. The number of halogens is 2. The lowest BCUT2D eigenvalue weighted by Crippen LogP contribution is -2.20. The summed E-state index contributed by atoms with van der Waals surface area (Å²) in [4.78, 5) is 12.1. The average molecular weight is 434 g/mol. The molecular weight excluding hydrogens is 417 g/mol. The summed E-state index contributed by atoms with van der Waals surface area (Å²) in [5.41, 5.74) is 4.08. The Balaban J connectivity index is 1.60. The fourth-order valence-corrected chi connectivity index (χ4v) is 3.59. The number of hydrogen-bond donors (Lipinski definition) is 1. The molecule has 0 aliphatic carbocycles. The molecule has 0 bridgehead atoms. The van der Waals surface area contributed by atoms with Crippen LogP contribution in [0.3, 0.4) is 0 Å². The van der Waals surface area contributed by atoms with Crippen LogP contribution in [0.5, 0.6) is 0 Å². The molecule has 1 heterocycles. The van der Waals surface area contributed by atoms with Crippen molar-refractivity contribution in [1.82, 2.24) is 20.2 Å². The van der Waals surface area contributed by atoms with Gasteiger partial charge in [-0.25, -0.2) is 5.43 Å². The molecule has 0 aliphatic rings. The molecular formula is C19H17Cl2N5OS. The van der Waals surface area contributed by atoms with Gasteiger partial charge in [-0.15, -0.1) is 10.2 Å². The van der Waals surface area contributed by atoms with Gasteiger partial charge in [0.05, 0.1) is 22.0 Å². The maximum absolute atomic E-state index is 12.1. The van der Waals surface area contributed by atoms with Crippen molar-refractivity contribution in [3.05, 3.63) is 64.1 Å². The monoisotopic (exact) mass is 433 g/mol. The van der Waals surface area contributed by atoms with Crippen molar-refractivity contribution in [1.29, 1.82) is 0 Å². The van der Waals surface area contributed by atoms with E-state index in [-0.39, 0.29) is 11.7 Å². The normalized spacial score (nSPS) is 11.1. The number of rotatable bonds is 7. The van der Waals surface area contributed by atoms with Crippen molar-refractivity contribution in [3.8, 4) is 11.4 Å². The smallest absolute Gasteiger partial charge is 0.250 e. The fourth-order valence-electron chi connectivity index (χ4n) is 2.44. The third-order valence-electron chi connectivity index (χ3n) is 3.77. The van der Waals surface area contributed by atoms with Crippen molar-refractivity contribution in [2.45, 2.75) is 18.6 Å². The summed E-state index contributed by atoms with van der Waals surface area (Å²) in [5, 5.41) is 13.9. The molecule has 0 fully saturated rings. The topological polar surface area (TPSA) is 72.2 Å². The first-order valence-corrected chi connectivity index (χ1v) is 10.2. The number of nitrogens with zero attached hydrogens (tertiary/aromatic N) is 4. The molecule has 0 saturated heterocycles. The van der Waals surface area contributed by atoms with E-state index in [4.69, 9.17) is 23.2 Å². The van der Waals surface area contributed by atoms with Crippen molar-refractivity contribution in [2.24, 2.45) is 5.10 Å². The number of benzene rings is 2. The number of nitrogens with one attached hydrogen (secondary N) is 1. The second kappa shape index (κ2) is 9.73. The van der Waals surface area contributed by atoms with Crippen LogP contribution in [0.1, 0.15) is 12.5 Å². The molecule has 0 aliphatic heterocycles. The molecule has 1 aromatic heterocycles. The standard InChI is InChI=1S/C19H17Cl2N5OS/c1-2-26-18(13-7-4-3-5-8-13)24-25-19(26)28-12-16(27)23-22-11-14-9-6-10-15(20)17(14)21/h3-11H,2,12H2,1H3,(H,23,27). The molecule has 0 spiro atoms. The van der Waals surface area contributed by atoms with E-state index in [0.29, 0.717) is 27.3 Å². The molecule has 2 aromatic carbocycles. The van der Waals surface area contributed by atoms with Crippen LogP contribution in [-0.2, 0) is 11.3 Å². The van der Waals surface area contributed by atoms with Gasteiger partial charge in [0.15, 0.2) is 11.0 Å². The van der Waals surface area contributed by atoms with E-state index in [0.717, 1.165) is 11.4 Å². The van der Waals surface area contributed by atoms with Gasteiger partial charge in [-0.3, -0.25) is 4.79 Å². The molecule has 0 atom stereocenters. The molecule has 3 aromatic rings. The van der Waals surface area contributed by atoms with E-state index in [1.807, 2.05) is 41.8 Å². The van der Waals surface area contributed by atoms with Crippen LogP contribution in [0.4, 0.5) is 0 Å². The Morgan fingerprint density at radius 3 is 2.71 bits per heavy atom. The Hall–Kier alpha value is -2.35. The van der Waals surface area contributed by atoms with Gasteiger partial charge in [0.25, 0.3) is 5.91 Å². The van der Waals surface area contributed by atoms with Crippen LogP contribution in [0.2, 0.25) is 10.0 Å². The summed E-state index contributed by atoms with van der Waals surface area (Å²) in [7, 11) is 0. The van der Waals surface area contributed by atoms with Gasteiger partial charge in [-0.2, -0.15) is 5.10 Å². The number of amides is 1. The number of hydrogen-bond acceptors (Lipinski definition) is 5. The van der Waals surface area contributed by atoms with E-state index >= 15 is 0 Å². The average Bonchev–Trinajstić information content (AvgIpc) is 3.13. The van der Waals surface area contributed by atoms with E-state index in [9.17, 15) is 4.79 Å². The minimum atomic E-state index is -0.258. The lowest BCUT2D eigenvalue weighted by Gasteiger charge is -2.07. The predicted molar refractivity (Wildman–Crippen MR) is 114 cm³/mol. The number of carbonyl (C=O) groups excluding carboxylic acids is 1. The quantitative estimate of drug-likeness (QED) is 0.337. The van der Waals surface area contributed by atoms with Gasteiger partial charge in [0, 0.05) is 17.7 Å². The zero-order chi connectivity index (χ0) is 19.9. The van der Waals surface area contributed by atoms with Gasteiger partial charge in [0.2, 0.25) is 0 Å². The lowest BCUT2D eigenvalue weighted by molar-refractivity contribution is -0.118. The van der Waals surface area contributed by atoms with Crippen LogP contribution in [0, 0.1) is 0 Å². The highest BCUT2D eigenvalue weighted by Gasteiger charge is 2.14. The molecule has 1 amide bonds. The van der Waals surface area contributed by atoms with Crippen molar-refractivity contribution >= 4 is 47.1 Å². The number of carbonyl (C=O) groups is 1. The van der Waals surface area contributed by atoms with Gasteiger partial charge in [0.1, 0.15) is 0 Å². The summed E-state index contributed by atoms with van der Waals surface area (Å²) in [5.74, 6) is 0.680. The Morgan fingerprint density at radius 2 is 1.96 bits per heavy atom. The number of hydrazone groups is 1. The second-order valence-corrected chi connectivity index (χ2v) is 7.37. The van der Waals surface area contributed by atoms with Gasteiger partial charge in [-0.1, -0.05) is 77.4 Å². The van der Waals surface area contributed by atoms with Crippen LogP contribution in [-0.4, -0.2) is 32.6 Å². The molecule has 0 unspecified atom stereocenters. The third-order valence-corrected chi connectivity index (χ3v) is 5.57. The zero-order valence-electron chi connectivity index (χ0n) is 15.0. The summed E-state index contributed by atoms with van der Waals surface area (Å²) in [6, 6.07) is 15.0. The third kappa shape index (κ3) is 4.92. The molecule has 9 heteroatoms. The summed E-state index contributed by atoms with van der Waals surface area (Å²) in [6.07, 6.45) is 1.46. The first kappa shape index (κ1) is 20.4. The van der Waals surface area contributed by atoms with E-state index < -0.39 is 0 Å². The molecule has 6 nitrogen and oxygen atoms in total. The molecule has 0 saturated carbocycles. The van der Waals surface area contributed by atoms with Crippen molar-refractivity contribution in [3.63, 3.8) is 0 Å². The Bertz CT molecular complexity index is 991. The van der Waals surface area contributed by atoms with Crippen molar-refractivity contribution < 1.29 is 4.79 Å². The maximum Gasteiger partial charge on any atom is 0.250 e. The van der Waals surface area contributed by atoms with E-state index in [1.165, 1.54) is 18.0 Å². The van der Waals surface area contributed by atoms with Crippen molar-refractivity contribution in [2.75, 3.05) is 5.75 Å². The first-order valence-electron chi connectivity index (χ1n) is 8.47. The lowest BCUT2D eigenvalue weighted by atomic mass is 10.2. The Morgan fingerprint density at radius 1 is 1.18 bits per heavy atom. The van der Waals surface area contributed by atoms with Crippen LogP contribution in [0.15, 0.2) is 58.8 Å². The maximum atomic E-state index is 12.1. The number of thioether (sulfide) groups is 1. The minimum absolute atomic E-state index is 0.160. The first-order chi connectivity index (χ1) is 13.6. The Kier molecular flexibility index (Phi) is 7.08. The minimum Gasteiger partial charge on any atom is -0.302 e. The van der Waals surface area contributed by atoms with Gasteiger partial charge >= 0.3 is 0 Å². The highest BCUT2D eigenvalue weighted by molar-refractivity contribution is 7.99. The highest BCUT2D eigenvalue weighted by Crippen LogP contribution is 2.25. The molecule has 0 radical (unpaired) electrons. The highest BCUT2D eigenvalue weighted by atomic mass is 35.5. The summed E-state index contributed by atoms with van der Waals surface area (Å²) in [6.45, 7) is 2.71. The number of aromatic nitrogens is 3. The molecule has 144 valence electrons. The summed E-state index contributed by atoms with van der Waals surface area (Å²) >= 11 is 13.3. The second-order valence-electron chi connectivity index (χ2n) is 5.64. The van der Waals surface area contributed by atoms with Crippen LogP contribution >= 0.6 is 35.0 Å².